The lowest BCUT2D eigenvalue weighted by molar-refractivity contribution is 0.606. The zero-order valence-electron chi connectivity index (χ0n) is 11.3. The molecule has 0 radical (unpaired) electrons. The Kier molecular flexibility index (Phi) is 4.66. The molecule has 0 unspecified atom stereocenters. The fourth-order valence-corrected chi connectivity index (χ4v) is 1.58. The number of benzene rings is 1. The summed E-state index contributed by atoms with van der Waals surface area (Å²) in [6.45, 7) is 5.28. The molecule has 0 bridgehead atoms. The summed E-state index contributed by atoms with van der Waals surface area (Å²) >= 11 is 0. The predicted octanol–water partition coefficient (Wildman–Crippen LogP) is 3.07. The first-order valence-corrected chi connectivity index (χ1v) is 6.49. The molecule has 1 aromatic carbocycles. The van der Waals surface area contributed by atoms with Gasteiger partial charge in [0.15, 0.2) is 5.82 Å². The third kappa shape index (κ3) is 4.54. The van der Waals surface area contributed by atoms with Gasteiger partial charge in [-0.25, -0.2) is 0 Å². The zero-order chi connectivity index (χ0) is 13.5. The standard InChI is InChI=1S/C14H19N5/c1-11(2)8-9-15-13-10-16-19-14(18-13)17-12-6-4-3-5-7-12/h3-7,10-11H,8-9H2,1-2H3,(H2,15,17,18,19). The van der Waals surface area contributed by atoms with Gasteiger partial charge in [0.2, 0.25) is 5.95 Å². The molecule has 2 rings (SSSR count). The SMILES string of the molecule is CC(C)CCNc1cnnc(Nc2ccccc2)n1. The topological polar surface area (TPSA) is 62.7 Å². The molecule has 19 heavy (non-hydrogen) atoms. The Labute approximate surface area is 113 Å². The van der Waals surface area contributed by atoms with Crippen LogP contribution in [0.25, 0.3) is 0 Å². The maximum absolute atomic E-state index is 4.37. The lowest BCUT2D eigenvalue weighted by Crippen LogP contribution is -2.08. The van der Waals surface area contributed by atoms with Crippen LogP contribution in [0.2, 0.25) is 0 Å². The Bertz CT molecular complexity index is 498. The van der Waals surface area contributed by atoms with Crippen molar-refractivity contribution in [3.05, 3.63) is 36.5 Å². The maximum atomic E-state index is 4.37. The first kappa shape index (κ1) is 13.3. The monoisotopic (exact) mass is 257 g/mol. The van der Waals surface area contributed by atoms with Crippen molar-refractivity contribution >= 4 is 17.5 Å². The minimum atomic E-state index is 0.501. The summed E-state index contributed by atoms with van der Waals surface area (Å²) in [4.78, 5) is 4.37. The van der Waals surface area contributed by atoms with Crippen LogP contribution < -0.4 is 10.6 Å². The summed E-state index contributed by atoms with van der Waals surface area (Å²) in [7, 11) is 0. The van der Waals surface area contributed by atoms with E-state index in [1.165, 1.54) is 0 Å². The molecule has 0 atom stereocenters. The second kappa shape index (κ2) is 6.68. The lowest BCUT2D eigenvalue weighted by atomic mass is 10.1. The first-order valence-electron chi connectivity index (χ1n) is 6.49. The van der Waals surface area contributed by atoms with Crippen LogP contribution in [0.15, 0.2) is 36.5 Å². The molecule has 0 amide bonds. The van der Waals surface area contributed by atoms with Crippen molar-refractivity contribution in [2.75, 3.05) is 17.2 Å². The van der Waals surface area contributed by atoms with Gasteiger partial charge in [0, 0.05) is 12.2 Å². The number of nitrogens with one attached hydrogen (secondary N) is 2. The highest BCUT2D eigenvalue weighted by Gasteiger charge is 2.01. The van der Waals surface area contributed by atoms with Gasteiger partial charge in [-0.2, -0.15) is 10.1 Å². The van der Waals surface area contributed by atoms with Crippen molar-refractivity contribution in [2.45, 2.75) is 20.3 Å². The van der Waals surface area contributed by atoms with E-state index in [-0.39, 0.29) is 0 Å². The van der Waals surface area contributed by atoms with Crippen molar-refractivity contribution in [1.29, 1.82) is 0 Å². The Morgan fingerprint density at radius 2 is 1.95 bits per heavy atom. The Hall–Kier alpha value is -2.17. The van der Waals surface area contributed by atoms with Gasteiger partial charge in [-0.05, 0) is 24.5 Å². The van der Waals surface area contributed by atoms with Crippen LogP contribution in [-0.2, 0) is 0 Å². The van der Waals surface area contributed by atoms with Crippen molar-refractivity contribution in [3.63, 3.8) is 0 Å². The Morgan fingerprint density at radius 3 is 2.68 bits per heavy atom. The number of anilines is 3. The van der Waals surface area contributed by atoms with Gasteiger partial charge in [-0.15, -0.1) is 5.10 Å². The zero-order valence-corrected chi connectivity index (χ0v) is 11.3. The second-order valence-electron chi connectivity index (χ2n) is 4.77. The summed E-state index contributed by atoms with van der Waals surface area (Å²) in [6, 6.07) is 9.81. The van der Waals surface area contributed by atoms with Crippen LogP contribution in [0.4, 0.5) is 17.5 Å². The molecule has 0 spiro atoms. The van der Waals surface area contributed by atoms with Gasteiger partial charge >= 0.3 is 0 Å². The molecule has 1 aromatic heterocycles. The average molecular weight is 257 g/mol. The molecule has 1 heterocycles. The van der Waals surface area contributed by atoms with Gasteiger partial charge in [0.1, 0.15) is 0 Å². The summed E-state index contributed by atoms with van der Waals surface area (Å²) in [5.74, 6) is 1.92. The summed E-state index contributed by atoms with van der Waals surface area (Å²) in [6.07, 6.45) is 2.74. The molecule has 0 fully saturated rings. The molecular formula is C14H19N5. The Morgan fingerprint density at radius 1 is 1.16 bits per heavy atom. The number of hydrogen-bond donors (Lipinski definition) is 2. The van der Waals surface area contributed by atoms with E-state index in [0.717, 1.165) is 24.5 Å². The Balaban J connectivity index is 1.95. The smallest absolute Gasteiger partial charge is 0.249 e. The summed E-state index contributed by atoms with van der Waals surface area (Å²) in [5.41, 5.74) is 0.948. The van der Waals surface area contributed by atoms with Crippen molar-refractivity contribution in [1.82, 2.24) is 15.2 Å². The maximum Gasteiger partial charge on any atom is 0.249 e. The summed E-state index contributed by atoms with van der Waals surface area (Å²) in [5, 5.41) is 14.3. The van der Waals surface area contributed by atoms with Crippen LogP contribution in [0.1, 0.15) is 20.3 Å². The molecule has 0 saturated heterocycles. The minimum absolute atomic E-state index is 0.501. The third-order valence-corrected chi connectivity index (χ3v) is 2.62. The van der Waals surface area contributed by atoms with Crippen LogP contribution in [0, 0.1) is 5.92 Å². The fraction of sp³-hybridized carbons (Fsp3) is 0.357. The van der Waals surface area contributed by atoms with E-state index in [1.807, 2.05) is 30.3 Å². The van der Waals surface area contributed by atoms with Crippen molar-refractivity contribution in [3.8, 4) is 0 Å². The van der Waals surface area contributed by atoms with E-state index >= 15 is 0 Å². The second-order valence-corrected chi connectivity index (χ2v) is 4.77. The molecule has 0 aliphatic heterocycles. The molecule has 5 heteroatoms. The number of para-hydroxylation sites is 1. The van der Waals surface area contributed by atoms with E-state index in [1.54, 1.807) is 6.20 Å². The van der Waals surface area contributed by atoms with Crippen molar-refractivity contribution in [2.24, 2.45) is 5.92 Å². The van der Waals surface area contributed by atoms with Gasteiger partial charge in [0.25, 0.3) is 0 Å². The van der Waals surface area contributed by atoms with Crippen LogP contribution in [0.3, 0.4) is 0 Å². The molecule has 0 saturated carbocycles. The highest BCUT2D eigenvalue weighted by atomic mass is 15.3. The van der Waals surface area contributed by atoms with E-state index < -0.39 is 0 Å². The highest BCUT2D eigenvalue weighted by molar-refractivity contribution is 5.53. The highest BCUT2D eigenvalue weighted by Crippen LogP contribution is 2.12. The van der Waals surface area contributed by atoms with Gasteiger partial charge < -0.3 is 10.6 Å². The molecule has 5 nitrogen and oxygen atoms in total. The first-order chi connectivity index (χ1) is 9.24. The molecular weight excluding hydrogens is 238 g/mol. The number of hydrogen-bond acceptors (Lipinski definition) is 5. The molecule has 100 valence electrons. The van der Waals surface area contributed by atoms with Gasteiger partial charge in [0.05, 0.1) is 6.20 Å². The molecule has 0 aliphatic rings. The van der Waals surface area contributed by atoms with Gasteiger partial charge in [-0.3, -0.25) is 0 Å². The van der Waals surface area contributed by atoms with Crippen LogP contribution in [-0.4, -0.2) is 21.7 Å². The number of aromatic nitrogens is 3. The normalized spacial score (nSPS) is 10.5. The number of nitrogens with zero attached hydrogens (tertiary/aromatic N) is 3. The average Bonchev–Trinajstić information content (AvgIpc) is 2.40. The van der Waals surface area contributed by atoms with Crippen LogP contribution in [0.5, 0.6) is 0 Å². The van der Waals surface area contributed by atoms with E-state index in [4.69, 9.17) is 0 Å². The minimum Gasteiger partial charge on any atom is -0.369 e. The summed E-state index contributed by atoms with van der Waals surface area (Å²) < 4.78 is 0. The third-order valence-electron chi connectivity index (χ3n) is 2.62. The van der Waals surface area contributed by atoms with Crippen molar-refractivity contribution < 1.29 is 0 Å². The predicted molar refractivity (Wildman–Crippen MR) is 77.5 cm³/mol. The van der Waals surface area contributed by atoms with E-state index in [9.17, 15) is 0 Å². The van der Waals surface area contributed by atoms with Crippen LogP contribution >= 0.6 is 0 Å². The fourth-order valence-electron chi connectivity index (χ4n) is 1.58. The van der Waals surface area contributed by atoms with E-state index in [0.29, 0.717) is 11.9 Å². The molecule has 0 aliphatic carbocycles. The number of rotatable bonds is 6. The quantitative estimate of drug-likeness (QED) is 0.832. The lowest BCUT2D eigenvalue weighted by Gasteiger charge is -2.08. The molecule has 2 aromatic rings. The largest absolute Gasteiger partial charge is 0.369 e. The van der Waals surface area contributed by atoms with Gasteiger partial charge in [-0.1, -0.05) is 32.0 Å². The van der Waals surface area contributed by atoms with E-state index in [2.05, 4.69) is 39.7 Å². The molecule has 2 N–H and O–H groups in total.